The largest absolute Gasteiger partial charge is 0.508 e. The van der Waals surface area contributed by atoms with Crippen molar-refractivity contribution in [1.82, 2.24) is 0 Å². The topological polar surface area (TPSA) is 61.7 Å². The molecule has 0 unspecified atom stereocenters. The highest BCUT2D eigenvalue weighted by Gasteiger charge is 2.00. The molecule has 0 saturated carbocycles. The van der Waals surface area contributed by atoms with Crippen molar-refractivity contribution in [3.05, 3.63) is 23.8 Å². The molecule has 3 N–H and O–H groups in total. The van der Waals surface area contributed by atoms with Gasteiger partial charge in [-0.2, -0.15) is 0 Å². The lowest BCUT2D eigenvalue weighted by Crippen LogP contribution is -2.07. The first-order chi connectivity index (χ1) is 6.77. The summed E-state index contributed by atoms with van der Waals surface area (Å²) in [5.74, 6) is 0.106. The van der Waals surface area contributed by atoms with E-state index in [9.17, 15) is 5.11 Å². The van der Waals surface area contributed by atoms with Gasteiger partial charge in [-0.1, -0.05) is 6.07 Å². The number of hydrogen-bond acceptors (Lipinski definition) is 4. The van der Waals surface area contributed by atoms with Crippen LogP contribution in [0.1, 0.15) is 5.56 Å². The van der Waals surface area contributed by atoms with Gasteiger partial charge in [0.25, 0.3) is 0 Å². The van der Waals surface area contributed by atoms with Crippen LogP contribution in [0.5, 0.6) is 5.75 Å². The second-order valence-corrected chi connectivity index (χ2v) is 2.92. The molecule has 0 fully saturated rings. The molecule has 0 aromatic heterocycles. The minimum absolute atomic E-state index is 0.106. The lowest BCUT2D eigenvalue weighted by atomic mass is 10.2. The summed E-state index contributed by atoms with van der Waals surface area (Å²) in [6, 6.07) is 5.08. The van der Waals surface area contributed by atoms with E-state index in [4.69, 9.17) is 9.84 Å². The Morgan fingerprint density at radius 2 is 2.21 bits per heavy atom. The van der Waals surface area contributed by atoms with Gasteiger partial charge < -0.3 is 20.3 Å². The fraction of sp³-hybridized carbons (Fsp3) is 0.400. The number of methoxy groups -OCH3 is 1. The lowest BCUT2D eigenvalue weighted by molar-refractivity contribution is 0.211. The number of anilines is 1. The molecule has 1 aromatic carbocycles. The van der Waals surface area contributed by atoms with Crippen LogP contribution in [0.2, 0.25) is 0 Å². The smallest absolute Gasteiger partial charge is 0.123 e. The monoisotopic (exact) mass is 197 g/mol. The number of aromatic hydroxyl groups is 1. The van der Waals surface area contributed by atoms with E-state index < -0.39 is 0 Å². The highest BCUT2D eigenvalue weighted by molar-refractivity contribution is 5.51. The van der Waals surface area contributed by atoms with E-state index in [1.54, 1.807) is 25.3 Å². The Labute approximate surface area is 83.1 Å². The standard InChI is InChI=1S/C10H15NO3/c1-14-5-4-11-9-3-2-8(7-12)10(13)6-9/h2-3,6,11-13H,4-5,7H2,1H3. The minimum Gasteiger partial charge on any atom is -0.508 e. The number of aliphatic hydroxyl groups excluding tert-OH is 1. The molecule has 0 heterocycles. The maximum absolute atomic E-state index is 9.42. The van der Waals surface area contributed by atoms with Crippen LogP contribution in [0.4, 0.5) is 5.69 Å². The summed E-state index contributed by atoms with van der Waals surface area (Å²) >= 11 is 0. The fourth-order valence-corrected chi connectivity index (χ4v) is 1.10. The van der Waals surface area contributed by atoms with Gasteiger partial charge in [0.2, 0.25) is 0 Å². The predicted octanol–water partition coefficient (Wildman–Crippen LogP) is 0.943. The lowest BCUT2D eigenvalue weighted by Gasteiger charge is -2.07. The zero-order chi connectivity index (χ0) is 10.4. The Morgan fingerprint density at radius 1 is 1.43 bits per heavy atom. The molecule has 1 rings (SSSR count). The normalized spacial score (nSPS) is 10.1. The van der Waals surface area contributed by atoms with E-state index >= 15 is 0 Å². The van der Waals surface area contributed by atoms with Gasteiger partial charge in [0.15, 0.2) is 0 Å². The van der Waals surface area contributed by atoms with Crippen molar-refractivity contribution in [2.24, 2.45) is 0 Å². The third-order valence-electron chi connectivity index (χ3n) is 1.89. The van der Waals surface area contributed by atoms with E-state index in [1.165, 1.54) is 0 Å². The number of nitrogens with one attached hydrogen (secondary N) is 1. The Balaban J connectivity index is 2.57. The van der Waals surface area contributed by atoms with Crippen LogP contribution < -0.4 is 5.32 Å². The van der Waals surface area contributed by atoms with Crippen molar-refractivity contribution in [3.63, 3.8) is 0 Å². The number of aliphatic hydroxyl groups is 1. The first-order valence-electron chi connectivity index (χ1n) is 4.43. The Hall–Kier alpha value is -1.26. The average molecular weight is 197 g/mol. The summed E-state index contributed by atoms with van der Waals surface area (Å²) in [5.41, 5.74) is 1.35. The molecule has 1 aromatic rings. The Kier molecular flexibility index (Phi) is 4.22. The molecule has 78 valence electrons. The first-order valence-corrected chi connectivity index (χ1v) is 4.43. The summed E-state index contributed by atoms with van der Waals surface area (Å²) < 4.78 is 4.87. The third kappa shape index (κ3) is 2.90. The molecule has 14 heavy (non-hydrogen) atoms. The van der Waals surface area contributed by atoms with Crippen LogP contribution in [0.15, 0.2) is 18.2 Å². The molecule has 4 nitrogen and oxygen atoms in total. The third-order valence-corrected chi connectivity index (χ3v) is 1.89. The quantitative estimate of drug-likeness (QED) is 0.615. The van der Waals surface area contributed by atoms with E-state index in [0.29, 0.717) is 18.7 Å². The molecule has 0 radical (unpaired) electrons. The molecule has 0 spiro atoms. The second kappa shape index (κ2) is 5.47. The highest BCUT2D eigenvalue weighted by Crippen LogP contribution is 2.21. The predicted molar refractivity (Wildman–Crippen MR) is 54.4 cm³/mol. The zero-order valence-electron chi connectivity index (χ0n) is 8.16. The molecule has 0 aliphatic rings. The molecular weight excluding hydrogens is 182 g/mol. The Morgan fingerprint density at radius 3 is 2.79 bits per heavy atom. The fourth-order valence-electron chi connectivity index (χ4n) is 1.10. The van der Waals surface area contributed by atoms with Crippen molar-refractivity contribution in [3.8, 4) is 5.75 Å². The van der Waals surface area contributed by atoms with Crippen molar-refractivity contribution in [2.45, 2.75) is 6.61 Å². The second-order valence-electron chi connectivity index (χ2n) is 2.92. The molecule has 0 bridgehead atoms. The van der Waals surface area contributed by atoms with Crippen LogP contribution in [0.25, 0.3) is 0 Å². The molecule has 0 saturated heterocycles. The summed E-state index contributed by atoms with van der Waals surface area (Å²) in [6.07, 6.45) is 0. The van der Waals surface area contributed by atoms with Gasteiger partial charge in [-0.25, -0.2) is 0 Å². The van der Waals surface area contributed by atoms with Gasteiger partial charge in [0, 0.05) is 31.0 Å². The van der Waals surface area contributed by atoms with Crippen LogP contribution in [0.3, 0.4) is 0 Å². The van der Waals surface area contributed by atoms with Crippen molar-refractivity contribution in [2.75, 3.05) is 25.6 Å². The number of rotatable bonds is 5. The van der Waals surface area contributed by atoms with Crippen LogP contribution in [-0.4, -0.2) is 30.5 Å². The molecule has 0 amide bonds. The van der Waals surface area contributed by atoms with Gasteiger partial charge in [-0.05, 0) is 6.07 Å². The van der Waals surface area contributed by atoms with E-state index in [1.807, 2.05) is 0 Å². The van der Waals surface area contributed by atoms with Gasteiger partial charge in [0.05, 0.1) is 13.2 Å². The van der Waals surface area contributed by atoms with Crippen LogP contribution in [0, 0.1) is 0 Å². The van der Waals surface area contributed by atoms with Gasteiger partial charge in [-0.3, -0.25) is 0 Å². The Bertz CT molecular complexity index is 289. The van der Waals surface area contributed by atoms with Crippen molar-refractivity contribution >= 4 is 5.69 Å². The molecular formula is C10H15NO3. The molecule has 0 atom stereocenters. The van der Waals surface area contributed by atoms with E-state index in [-0.39, 0.29) is 12.4 Å². The van der Waals surface area contributed by atoms with E-state index in [0.717, 1.165) is 5.69 Å². The first kappa shape index (κ1) is 10.8. The van der Waals surface area contributed by atoms with Gasteiger partial charge in [0.1, 0.15) is 5.75 Å². The number of ether oxygens (including phenoxy) is 1. The average Bonchev–Trinajstić information content (AvgIpc) is 2.18. The number of benzene rings is 1. The van der Waals surface area contributed by atoms with Crippen LogP contribution >= 0.6 is 0 Å². The zero-order valence-corrected chi connectivity index (χ0v) is 8.16. The summed E-state index contributed by atoms with van der Waals surface area (Å²) in [4.78, 5) is 0. The minimum atomic E-state index is -0.149. The van der Waals surface area contributed by atoms with Crippen molar-refractivity contribution < 1.29 is 14.9 Å². The molecule has 0 aliphatic heterocycles. The molecule has 0 aliphatic carbocycles. The summed E-state index contributed by atoms with van der Waals surface area (Å²) in [5, 5.41) is 21.3. The maximum atomic E-state index is 9.42. The van der Waals surface area contributed by atoms with Crippen LogP contribution in [-0.2, 0) is 11.3 Å². The van der Waals surface area contributed by atoms with Gasteiger partial charge >= 0.3 is 0 Å². The maximum Gasteiger partial charge on any atom is 0.123 e. The summed E-state index contributed by atoms with van der Waals surface area (Å²) in [7, 11) is 1.63. The SMILES string of the molecule is COCCNc1ccc(CO)c(O)c1. The number of phenols is 1. The number of hydrogen-bond donors (Lipinski definition) is 3. The van der Waals surface area contributed by atoms with Gasteiger partial charge in [-0.15, -0.1) is 0 Å². The van der Waals surface area contributed by atoms with Crippen molar-refractivity contribution in [1.29, 1.82) is 0 Å². The van der Waals surface area contributed by atoms with E-state index in [2.05, 4.69) is 5.32 Å². The summed E-state index contributed by atoms with van der Waals surface area (Å²) in [6.45, 7) is 1.15. The highest BCUT2D eigenvalue weighted by atomic mass is 16.5. The molecule has 4 heteroatoms.